The van der Waals surface area contributed by atoms with Crippen LogP contribution in [0.4, 0.5) is 4.39 Å². The summed E-state index contributed by atoms with van der Waals surface area (Å²) in [5.74, 6) is -0.946. The van der Waals surface area contributed by atoms with Gasteiger partial charge in [0.05, 0.1) is 17.3 Å². The number of nitriles is 1. The van der Waals surface area contributed by atoms with Crippen molar-refractivity contribution in [3.8, 4) is 6.07 Å². The number of nitrogens with zero attached hydrogens (tertiary/aromatic N) is 1. The third-order valence-corrected chi connectivity index (χ3v) is 3.32. The number of carbonyl (C=O) groups is 1. The molecule has 23 heavy (non-hydrogen) atoms. The summed E-state index contributed by atoms with van der Waals surface area (Å²) in [4.78, 5) is 40.5. The molecule has 0 radical (unpaired) electrons. The predicted octanol–water partition coefficient (Wildman–Crippen LogP) is 1.76. The highest BCUT2D eigenvalue weighted by Crippen LogP contribution is 2.18. The first-order valence-corrected chi connectivity index (χ1v) is 6.88. The number of halogens is 1. The Bertz CT molecular complexity index is 919. The normalized spacial score (nSPS) is 10.6. The number of nitrogens with one attached hydrogen (secondary N) is 2. The molecule has 0 unspecified atom stereocenters. The maximum Gasteiger partial charge on any atom is 0.326 e. The van der Waals surface area contributed by atoms with E-state index in [4.69, 9.17) is 5.26 Å². The van der Waals surface area contributed by atoms with Crippen LogP contribution >= 0.6 is 0 Å². The van der Waals surface area contributed by atoms with Crippen molar-refractivity contribution >= 4 is 5.78 Å². The molecule has 2 aromatic rings. The van der Waals surface area contributed by atoms with Crippen LogP contribution in [0.1, 0.15) is 52.5 Å². The molecular weight excluding hydrogens is 301 g/mol. The summed E-state index contributed by atoms with van der Waals surface area (Å²) in [6.07, 6.45) is 0. The zero-order valence-electron chi connectivity index (χ0n) is 12.6. The fourth-order valence-corrected chi connectivity index (χ4v) is 2.34. The molecule has 6 nitrogen and oxygen atoms in total. The summed E-state index contributed by atoms with van der Waals surface area (Å²) < 4.78 is 12.9. The molecule has 0 bridgehead atoms. The van der Waals surface area contributed by atoms with E-state index in [9.17, 15) is 18.8 Å². The second-order valence-corrected chi connectivity index (χ2v) is 5.34. The van der Waals surface area contributed by atoms with Gasteiger partial charge in [-0.25, -0.2) is 9.18 Å². The van der Waals surface area contributed by atoms with Crippen LogP contribution in [-0.2, 0) is 6.67 Å². The summed E-state index contributed by atoms with van der Waals surface area (Å²) in [5.41, 5.74) is -1.11. The number of benzene rings is 1. The number of rotatable bonds is 4. The Labute approximate surface area is 130 Å². The molecular formula is C16H14FN3O3. The van der Waals surface area contributed by atoms with Crippen LogP contribution in [0.5, 0.6) is 0 Å². The van der Waals surface area contributed by atoms with E-state index in [2.05, 4.69) is 9.97 Å². The van der Waals surface area contributed by atoms with Gasteiger partial charge in [0, 0.05) is 11.1 Å². The van der Waals surface area contributed by atoms with Gasteiger partial charge < -0.3 is 4.98 Å². The van der Waals surface area contributed by atoms with E-state index >= 15 is 0 Å². The quantitative estimate of drug-likeness (QED) is 0.838. The summed E-state index contributed by atoms with van der Waals surface area (Å²) in [7, 11) is 0. The van der Waals surface area contributed by atoms with Gasteiger partial charge in [-0.05, 0) is 29.7 Å². The molecule has 1 aromatic heterocycles. The number of alkyl halides is 1. The Morgan fingerprint density at radius 1 is 1.26 bits per heavy atom. The van der Waals surface area contributed by atoms with Crippen LogP contribution in [0.2, 0.25) is 0 Å². The molecule has 2 N–H and O–H groups in total. The third-order valence-electron chi connectivity index (χ3n) is 3.32. The summed E-state index contributed by atoms with van der Waals surface area (Å²) in [6, 6.07) is 5.78. The minimum atomic E-state index is -0.835. The molecule has 0 aliphatic rings. The van der Waals surface area contributed by atoms with Gasteiger partial charge in [0.15, 0.2) is 0 Å². The van der Waals surface area contributed by atoms with Gasteiger partial charge >= 0.3 is 5.69 Å². The van der Waals surface area contributed by atoms with Crippen LogP contribution in [-0.4, -0.2) is 15.8 Å². The molecule has 118 valence electrons. The standard InChI is InChI=1S/C16H14FN3O3/c1-8(2)12-13(19-16(23)20-15(12)22)14(21)11-4-9(6-17)3-10(5-11)7-18/h3-5,8H,6H2,1-2H3,(H2,19,20,22,23). The lowest BCUT2D eigenvalue weighted by atomic mass is 9.96. The lowest BCUT2D eigenvalue weighted by Crippen LogP contribution is -2.30. The number of aromatic nitrogens is 2. The van der Waals surface area contributed by atoms with E-state index in [1.165, 1.54) is 18.2 Å². The van der Waals surface area contributed by atoms with Gasteiger partial charge in [-0.3, -0.25) is 14.6 Å². The van der Waals surface area contributed by atoms with Crippen molar-refractivity contribution in [1.82, 2.24) is 9.97 Å². The first-order chi connectivity index (χ1) is 10.9. The topological polar surface area (TPSA) is 107 Å². The molecule has 0 aliphatic heterocycles. The van der Waals surface area contributed by atoms with Gasteiger partial charge in [-0.1, -0.05) is 13.8 Å². The third kappa shape index (κ3) is 3.26. The van der Waals surface area contributed by atoms with E-state index in [1.807, 2.05) is 6.07 Å². The van der Waals surface area contributed by atoms with E-state index in [1.54, 1.807) is 13.8 Å². The van der Waals surface area contributed by atoms with Gasteiger partial charge in [0.25, 0.3) is 5.56 Å². The van der Waals surface area contributed by atoms with Crippen molar-refractivity contribution in [3.63, 3.8) is 0 Å². The Hall–Kier alpha value is -3.01. The van der Waals surface area contributed by atoms with Crippen LogP contribution in [0.15, 0.2) is 27.8 Å². The molecule has 2 rings (SSSR count). The van der Waals surface area contributed by atoms with Crippen molar-refractivity contribution in [2.75, 3.05) is 0 Å². The van der Waals surface area contributed by atoms with E-state index < -0.39 is 23.7 Å². The molecule has 0 saturated heterocycles. The molecule has 1 heterocycles. The number of H-pyrrole nitrogens is 2. The van der Waals surface area contributed by atoms with Gasteiger partial charge in [0.2, 0.25) is 5.78 Å². The fraction of sp³-hybridized carbons (Fsp3) is 0.250. The van der Waals surface area contributed by atoms with Gasteiger partial charge in [-0.15, -0.1) is 0 Å². The molecule has 0 amide bonds. The van der Waals surface area contributed by atoms with E-state index in [-0.39, 0.29) is 33.9 Å². The molecule has 7 heteroatoms. The minimum absolute atomic E-state index is 0.0415. The zero-order chi connectivity index (χ0) is 17.1. The van der Waals surface area contributed by atoms with E-state index in [0.717, 1.165) is 0 Å². The number of ketones is 1. The number of hydrogen-bond acceptors (Lipinski definition) is 4. The largest absolute Gasteiger partial charge is 0.326 e. The number of aromatic amines is 2. The second-order valence-electron chi connectivity index (χ2n) is 5.34. The Morgan fingerprint density at radius 2 is 1.96 bits per heavy atom. The van der Waals surface area contributed by atoms with Crippen LogP contribution in [0.3, 0.4) is 0 Å². The van der Waals surface area contributed by atoms with Crippen LogP contribution in [0.25, 0.3) is 0 Å². The van der Waals surface area contributed by atoms with Crippen molar-refractivity contribution in [2.45, 2.75) is 26.4 Å². The Morgan fingerprint density at radius 3 is 2.52 bits per heavy atom. The molecule has 0 saturated carbocycles. The monoisotopic (exact) mass is 315 g/mol. The van der Waals surface area contributed by atoms with E-state index in [0.29, 0.717) is 0 Å². The van der Waals surface area contributed by atoms with Crippen molar-refractivity contribution in [2.24, 2.45) is 0 Å². The smallest absolute Gasteiger partial charge is 0.304 e. The van der Waals surface area contributed by atoms with Gasteiger partial charge in [0.1, 0.15) is 6.67 Å². The lowest BCUT2D eigenvalue weighted by Gasteiger charge is -2.10. The SMILES string of the molecule is CC(C)c1c(C(=O)c2cc(C#N)cc(CF)c2)[nH]c(=O)[nH]c1=O. The Kier molecular flexibility index (Phi) is 4.55. The maximum atomic E-state index is 12.9. The molecule has 0 aliphatic carbocycles. The first-order valence-electron chi connectivity index (χ1n) is 6.88. The fourth-order valence-electron chi connectivity index (χ4n) is 2.34. The highest BCUT2D eigenvalue weighted by molar-refractivity contribution is 6.08. The number of hydrogen-bond donors (Lipinski definition) is 2. The maximum absolute atomic E-state index is 12.9. The summed E-state index contributed by atoms with van der Waals surface area (Å²) >= 11 is 0. The van der Waals surface area contributed by atoms with Gasteiger partial charge in [-0.2, -0.15) is 5.26 Å². The lowest BCUT2D eigenvalue weighted by molar-refractivity contribution is 0.103. The predicted molar refractivity (Wildman–Crippen MR) is 81.2 cm³/mol. The summed E-state index contributed by atoms with van der Waals surface area (Å²) in [6.45, 7) is 2.58. The highest BCUT2D eigenvalue weighted by atomic mass is 19.1. The van der Waals surface area contributed by atoms with Crippen molar-refractivity contribution < 1.29 is 9.18 Å². The number of carbonyl (C=O) groups excluding carboxylic acids is 1. The van der Waals surface area contributed by atoms with Crippen molar-refractivity contribution in [3.05, 3.63) is 67.0 Å². The average molecular weight is 315 g/mol. The second kappa shape index (κ2) is 6.40. The first kappa shape index (κ1) is 16.4. The molecule has 1 aromatic carbocycles. The van der Waals surface area contributed by atoms with Crippen LogP contribution in [0, 0.1) is 11.3 Å². The minimum Gasteiger partial charge on any atom is -0.304 e. The molecule has 0 atom stereocenters. The molecule has 0 spiro atoms. The Balaban J connectivity index is 2.69. The molecule has 0 fully saturated rings. The zero-order valence-corrected chi connectivity index (χ0v) is 12.6. The van der Waals surface area contributed by atoms with Crippen molar-refractivity contribution in [1.29, 1.82) is 5.26 Å². The highest BCUT2D eigenvalue weighted by Gasteiger charge is 2.21. The average Bonchev–Trinajstić information content (AvgIpc) is 2.52. The van der Waals surface area contributed by atoms with Crippen LogP contribution < -0.4 is 11.2 Å². The summed E-state index contributed by atoms with van der Waals surface area (Å²) in [5, 5.41) is 8.97.